The second-order valence-electron chi connectivity index (χ2n) is 5.84. The fraction of sp³-hybridized carbons (Fsp3) is 0.150. The van der Waals surface area contributed by atoms with Crippen molar-refractivity contribution in [2.45, 2.75) is 24.3 Å². The molecular weight excluding hydrogens is 349 g/mol. The summed E-state index contributed by atoms with van der Waals surface area (Å²) in [7, 11) is 0. The first-order valence-corrected chi connectivity index (χ1v) is 8.99. The number of carbonyl (C=O) groups is 1. The lowest BCUT2D eigenvalue weighted by molar-refractivity contribution is -0.115. The van der Waals surface area contributed by atoms with Crippen molar-refractivity contribution < 1.29 is 9.18 Å². The fourth-order valence-corrected chi connectivity index (χ4v) is 3.56. The monoisotopic (exact) mass is 367 g/mol. The van der Waals surface area contributed by atoms with Crippen LogP contribution in [0.5, 0.6) is 0 Å². The fourth-order valence-electron chi connectivity index (χ4n) is 2.49. The van der Waals surface area contributed by atoms with Gasteiger partial charge in [-0.15, -0.1) is 0 Å². The average molecular weight is 367 g/mol. The first-order valence-electron chi connectivity index (χ1n) is 8.11. The molecule has 3 rings (SSSR count). The van der Waals surface area contributed by atoms with Crippen molar-refractivity contribution >= 4 is 23.4 Å². The van der Waals surface area contributed by atoms with Crippen LogP contribution < -0.4 is 5.32 Å². The van der Waals surface area contributed by atoms with Gasteiger partial charge in [0.25, 0.3) is 0 Å². The molecule has 0 spiro atoms. The third-order valence-electron chi connectivity index (χ3n) is 3.64. The Morgan fingerprint density at radius 2 is 1.62 bits per heavy atom. The number of rotatable bonds is 5. The lowest BCUT2D eigenvalue weighted by atomic mass is 10.1. The second kappa shape index (κ2) is 8.10. The van der Waals surface area contributed by atoms with E-state index in [4.69, 9.17) is 0 Å². The van der Waals surface area contributed by atoms with Crippen molar-refractivity contribution in [1.29, 1.82) is 0 Å². The first-order chi connectivity index (χ1) is 12.5. The normalized spacial score (nSPS) is 11.8. The number of anilines is 1. The molecule has 1 heterocycles. The Morgan fingerprint density at radius 3 is 2.23 bits per heavy atom. The molecule has 1 aromatic heterocycles. The quantitative estimate of drug-likeness (QED) is 0.524. The van der Waals surface area contributed by atoms with Crippen LogP contribution in [0.4, 0.5) is 10.1 Å². The summed E-state index contributed by atoms with van der Waals surface area (Å²) in [5.74, 6) is -0.559. The van der Waals surface area contributed by atoms with Gasteiger partial charge in [0.05, 0.1) is 0 Å². The van der Waals surface area contributed by atoms with E-state index in [1.165, 1.54) is 36.0 Å². The molecule has 0 fully saturated rings. The zero-order chi connectivity index (χ0) is 18.5. The molecule has 0 aliphatic heterocycles. The van der Waals surface area contributed by atoms with Crippen molar-refractivity contribution in [2.75, 3.05) is 5.32 Å². The molecule has 1 amide bonds. The number of aryl methyl sites for hydroxylation is 2. The molecule has 0 bridgehead atoms. The van der Waals surface area contributed by atoms with Crippen LogP contribution in [-0.2, 0) is 4.79 Å². The van der Waals surface area contributed by atoms with Gasteiger partial charge < -0.3 is 5.32 Å². The van der Waals surface area contributed by atoms with Gasteiger partial charge in [-0.3, -0.25) is 4.79 Å². The van der Waals surface area contributed by atoms with E-state index in [1.54, 1.807) is 0 Å². The van der Waals surface area contributed by atoms with Gasteiger partial charge in [0.1, 0.15) is 11.1 Å². The van der Waals surface area contributed by atoms with Crippen LogP contribution in [0.15, 0.2) is 65.8 Å². The number of benzene rings is 2. The van der Waals surface area contributed by atoms with E-state index in [0.29, 0.717) is 10.8 Å². The number of thioether (sulfide) groups is 1. The number of carbonyl (C=O) groups excluding carboxylic acids is 1. The summed E-state index contributed by atoms with van der Waals surface area (Å²) in [5.41, 5.74) is 3.09. The van der Waals surface area contributed by atoms with Crippen molar-refractivity contribution in [3.05, 3.63) is 83.4 Å². The van der Waals surface area contributed by atoms with Crippen molar-refractivity contribution in [3.63, 3.8) is 0 Å². The van der Waals surface area contributed by atoms with Crippen LogP contribution in [0.2, 0.25) is 0 Å². The summed E-state index contributed by atoms with van der Waals surface area (Å²) in [6, 6.07) is 17.0. The molecule has 3 aromatic rings. The van der Waals surface area contributed by atoms with Gasteiger partial charge in [-0.25, -0.2) is 14.4 Å². The van der Waals surface area contributed by atoms with Gasteiger partial charge in [-0.1, -0.05) is 42.1 Å². The van der Waals surface area contributed by atoms with E-state index >= 15 is 0 Å². The van der Waals surface area contributed by atoms with Crippen LogP contribution in [0.3, 0.4) is 0 Å². The van der Waals surface area contributed by atoms with Gasteiger partial charge in [0.2, 0.25) is 5.91 Å². The smallest absolute Gasteiger partial charge is 0.242 e. The highest BCUT2D eigenvalue weighted by molar-refractivity contribution is 8.00. The molecule has 0 saturated heterocycles. The molecule has 0 unspecified atom stereocenters. The first kappa shape index (κ1) is 18.1. The van der Waals surface area contributed by atoms with Crippen LogP contribution in [0.25, 0.3) is 0 Å². The van der Waals surface area contributed by atoms with Crippen LogP contribution in [-0.4, -0.2) is 15.9 Å². The van der Waals surface area contributed by atoms with E-state index in [9.17, 15) is 9.18 Å². The molecule has 1 atom stereocenters. The van der Waals surface area contributed by atoms with Gasteiger partial charge >= 0.3 is 0 Å². The minimum absolute atomic E-state index is 0.212. The Kier molecular flexibility index (Phi) is 5.63. The molecule has 0 saturated carbocycles. The summed E-state index contributed by atoms with van der Waals surface area (Å²) < 4.78 is 13.1. The van der Waals surface area contributed by atoms with Gasteiger partial charge in [-0.2, -0.15) is 0 Å². The zero-order valence-corrected chi connectivity index (χ0v) is 15.3. The highest BCUT2D eigenvalue weighted by Crippen LogP contribution is 2.34. The molecule has 6 heteroatoms. The number of nitrogens with one attached hydrogen (secondary N) is 1. The molecule has 2 aromatic carbocycles. The van der Waals surface area contributed by atoms with Crippen LogP contribution in [0.1, 0.15) is 22.2 Å². The Labute approximate surface area is 155 Å². The summed E-state index contributed by atoms with van der Waals surface area (Å²) in [4.78, 5) is 21.7. The van der Waals surface area contributed by atoms with Gasteiger partial charge in [0.15, 0.2) is 5.16 Å². The van der Waals surface area contributed by atoms with Crippen molar-refractivity contribution in [3.8, 4) is 0 Å². The Hall–Kier alpha value is -2.73. The van der Waals surface area contributed by atoms with E-state index in [-0.39, 0.29) is 11.7 Å². The molecule has 1 N–H and O–H groups in total. The molecule has 26 heavy (non-hydrogen) atoms. The lowest BCUT2D eigenvalue weighted by Crippen LogP contribution is -2.19. The second-order valence-corrected chi connectivity index (χ2v) is 6.91. The molecule has 0 radical (unpaired) electrons. The maximum absolute atomic E-state index is 13.1. The average Bonchev–Trinajstić information content (AvgIpc) is 2.61. The van der Waals surface area contributed by atoms with Gasteiger partial charge in [-0.05, 0) is 49.7 Å². The molecule has 0 aliphatic carbocycles. The minimum atomic E-state index is -0.526. The minimum Gasteiger partial charge on any atom is -0.325 e. The number of nitrogens with zero attached hydrogens (tertiary/aromatic N) is 2. The molecule has 0 aliphatic rings. The van der Waals surface area contributed by atoms with E-state index < -0.39 is 5.25 Å². The maximum atomic E-state index is 13.1. The summed E-state index contributed by atoms with van der Waals surface area (Å²) in [6.07, 6.45) is 0. The topological polar surface area (TPSA) is 54.9 Å². The SMILES string of the molecule is Cc1cc(C)nc(S[C@H](C(=O)Nc2ccc(F)cc2)c2ccccc2)n1. The van der Waals surface area contributed by atoms with Crippen molar-refractivity contribution in [1.82, 2.24) is 9.97 Å². The largest absolute Gasteiger partial charge is 0.325 e. The molecule has 132 valence electrons. The zero-order valence-electron chi connectivity index (χ0n) is 14.4. The number of amides is 1. The number of hydrogen-bond donors (Lipinski definition) is 1. The predicted molar refractivity (Wildman–Crippen MR) is 102 cm³/mol. The number of hydrogen-bond acceptors (Lipinski definition) is 4. The molecule has 4 nitrogen and oxygen atoms in total. The summed E-state index contributed by atoms with van der Waals surface area (Å²) in [5, 5.41) is 2.86. The van der Waals surface area contributed by atoms with Crippen LogP contribution >= 0.6 is 11.8 Å². The highest BCUT2D eigenvalue weighted by atomic mass is 32.2. The predicted octanol–water partition coefficient (Wildman–Crippen LogP) is 4.70. The van der Waals surface area contributed by atoms with E-state index in [2.05, 4.69) is 15.3 Å². The third kappa shape index (κ3) is 4.67. The Balaban J connectivity index is 1.87. The van der Waals surface area contributed by atoms with Crippen LogP contribution in [0, 0.1) is 19.7 Å². The maximum Gasteiger partial charge on any atom is 0.242 e. The number of halogens is 1. The summed E-state index contributed by atoms with van der Waals surface area (Å²) in [6.45, 7) is 3.80. The molecular formula is C20H18FN3OS. The summed E-state index contributed by atoms with van der Waals surface area (Å²) >= 11 is 1.29. The van der Waals surface area contributed by atoms with Gasteiger partial charge in [0, 0.05) is 17.1 Å². The number of aromatic nitrogens is 2. The van der Waals surface area contributed by atoms with E-state index in [1.807, 2.05) is 50.2 Å². The third-order valence-corrected chi connectivity index (χ3v) is 4.75. The highest BCUT2D eigenvalue weighted by Gasteiger charge is 2.23. The Bertz CT molecular complexity index is 880. The standard InChI is InChI=1S/C20H18FN3OS/c1-13-12-14(2)23-20(22-13)26-18(15-6-4-3-5-7-15)19(25)24-17-10-8-16(21)9-11-17/h3-12,18H,1-2H3,(H,24,25)/t18-/m0/s1. The van der Waals surface area contributed by atoms with E-state index in [0.717, 1.165) is 17.0 Å². The lowest BCUT2D eigenvalue weighted by Gasteiger charge is -2.16. The Morgan fingerprint density at radius 1 is 1.00 bits per heavy atom. The van der Waals surface area contributed by atoms with Crippen molar-refractivity contribution in [2.24, 2.45) is 0 Å².